The highest BCUT2D eigenvalue weighted by molar-refractivity contribution is 9.10. The van der Waals surface area contributed by atoms with Crippen molar-refractivity contribution < 1.29 is 35.7 Å². The van der Waals surface area contributed by atoms with Crippen LogP contribution in [-0.4, -0.2) is 49.5 Å². The van der Waals surface area contributed by atoms with E-state index in [9.17, 15) is 4.79 Å². The van der Waals surface area contributed by atoms with Gasteiger partial charge >= 0.3 is 6.41 Å². The largest absolute Gasteiger partial charge is 1.00 e. The number of halogens is 2. The molecule has 0 N–H and O–H groups in total. The van der Waals surface area contributed by atoms with Crippen molar-refractivity contribution >= 4 is 21.7 Å². The highest BCUT2D eigenvalue weighted by Gasteiger charge is 2.49. The monoisotopic (exact) mass is 391 g/mol. The lowest BCUT2D eigenvalue weighted by molar-refractivity contribution is -0.942. The normalized spacial score (nSPS) is 28.8. The number of hydrogen-bond donors (Lipinski definition) is 0. The SMILES string of the molecule is O=C(C[N+]12CCOC1OCC2)c1ccc(Br)cc1.[Br-]. The van der Waals surface area contributed by atoms with Gasteiger partial charge in [-0.15, -0.1) is 0 Å². The average molecular weight is 393 g/mol. The zero-order valence-corrected chi connectivity index (χ0v) is 13.5. The third kappa shape index (κ3) is 2.92. The van der Waals surface area contributed by atoms with Gasteiger partial charge in [-0.25, -0.2) is 0 Å². The predicted octanol–water partition coefficient (Wildman–Crippen LogP) is -1.20. The van der Waals surface area contributed by atoms with Gasteiger partial charge in [0.2, 0.25) is 5.78 Å². The van der Waals surface area contributed by atoms with Crippen LogP contribution in [0.2, 0.25) is 0 Å². The molecule has 0 unspecified atom stereocenters. The number of ether oxygens (including phenoxy) is 2. The van der Waals surface area contributed by atoms with Crippen LogP contribution in [0.1, 0.15) is 10.4 Å². The average Bonchev–Trinajstić information content (AvgIpc) is 2.88. The fraction of sp³-hybridized carbons (Fsp3) is 0.462. The molecule has 1 aromatic rings. The summed E-state index contributed by atoms with van der Waals surface area (Å²) in [6.07, 6.45) is -0.232. The lowest BCUT2D eigenvalue weighted by Gasteiger charge is -2.29. The molecule has 0 atom stereocenters. The van der Waals surface area contributed by atoms with Gasteiger partial charge in [0, 0.05) is 10.0 Å². The molecule has 0 saturated carbocycles. The number of nitrogens with zero attached hydrogens (tertiary/aromatic N) is 1. The van der Waals surface area contributed by atoms with Crippen molar-refractivity contribution in [2.24, 2.45) is 0 Å². The van der Waals surface area contributed by atoms with Crippen molar-refractivity contribution in [3.8, 4) is 0 Å². The van der Waals surface area contributed by atoms with Crippen molar-refractivity contribution in [1.29, 1.82) is 0 Å². The molecule has 1 aromatic carbocycles. The number of ketones is 1. The van der Waals surface area contributed by atoms with Crippen LogP contribution in [0, 0.1) is 0 Å². The van der Waals surface area contributed by atoms with Crippen LogP contribution < -0.4 is 17.0 Å². The van der Waals surface area contributed by atoms with Gasteiger partial charge < -0.3 is 17.0 Å². The summed E-state index contributed by atoms with van der Waals surface area (Å²) in [5, 5.41) is 0. The van der Waals surface area contributed by atoms with E-state index in [0.29, 0.717) is 24.2 Å². The third-order valence-electron chi connectivity index (χ3n) is 3.67. The smallest absolute Gasteiger partial charge is 0.309 e. The second kappa shape index (κ2) is 6.01. The Hall–Kier alpha value is -0.270. The van der Waals surface area contributed by atoms with E-state index in [0.717, 1.165) is 23.1 Å². The summed E-state index contributed by atoms with van der Waals surface area (Å²) in [5.41, 5.74) is 0.753. The molecule has 2 saturated heterocycles. The van der Waals surface area contributed by atoms with E-state index in [1.807, 2.05) is 24.3 Å². The summed E-state index contributed by atoms with van der Waals surface area (Å²) >= 11 is 3.37. The Morgan fingerprint density at radius 2 is 1.79 bits per heavy atom. The van der Waals surface area contributed by atoms with Crippen molar-refractivity contribution in [2.75, 3.05) is 32.8 Å². The first-order valence-electron chi connectivity index (χ1n) is 6.07. The molecule has 0 aromatic heterocycles. The highest BCUT2D eigenvalue weighted by atomic mass is 79.9. The van der Waals surface area contributed by atoms with Crippen molar-refractivity contribution in [1.82, 2.24) is 0 Å². The Balaban J connectivity index is 0.00000133. The molecule has 0 amide bonds. The van der Waals surface area contributed by atoms with Gasteiger partial charge in [-0.1, -0.05) is 28.1 Å². The van der Waals surface area contributed by atoms with Crippen LogP contribution in [0.3, 0.4) is 0 Å². The molecule has 104 valence electrons. The maximum Gasteiger partial charge on any atom is 0.309 e. The molecule has 2 fully saturated rings. The number of benzene rings is 1. The molecule has 3 rings (SSSR count). The number of rotatable bonds is 3. The summed E-state index contributed by atoms with van der Waals surface area (Å²) in [5.74, 6) is 0.156. The van der Waals surface area contributed by atoms with Gasteiger partial charge in [0.1, 0.15) is 32.8 Å². The lowest BCUT2D eigenvalue weighted by Crippen LogP contribution is -3.00. The third-order valence-corrected chi connectivity index (χ3v) is 4.19. The minimum Gasteiger partial charge on any atom is -1.00 e. The van der Waals surface area contributed by atoms with E-state index in [-0.39, 0.29) is 29.2 Å². The number of hydrogen-bond acceptors (Lipinski definition) is 3. The summed E-state index contributed by atoms with van der Waals surface area (Å²) in [4.78, 5) is 12.3. The number of Topliss-reactive ketones (excluding diaryl/α,β-unsaturated/α-hetero) is 1. The highest BCUT2D eigenvalue weighted by Crippen LogP contribution is 2.28. The predicted molar refractivity (Wildman–Crippen MR) is 69.0 cm³/mol. The molecule has 19 heavy (non-hydrogen) atoms. The maximum atomic E-state index is 12.3. The van der Waals surface area contributed by atoms with Crippen molar-refractivity contribution in [3.63, 3.8) is 0 Å². The van der Waals surface area contributed by atoms with Gasteiger partial charge in [-0.3, -0.25) is 18.8 Å². The van der Waals surface area contributed by atoms with Gasteiger partial charge in [0.25, 0.3) is 0 Å². The van der Waals surface area contributed by atoms with Crippen LogP contribution >= 0.6 is 15.9 Å². The molecule has 4 nitrogen and oxygen atoms in total. The molecule has 0 spiro atoms. The van der Waals surface area contributed by atoms with Gasteiger partial charge in [0.05, 0.1) is 0 Å². The van der Waals surface area contributed by atoms with Crippen LogP contribution in [0.25, 0.3) is 0 Å². The molecule has 2 heterocycles. The van der Waals surface area contributed by atoms with E-state index < -0.39 is 0 Å². The van der Waals surface area contributed by atoms with E-state index >= 15 is 0 Å². The van der Waals surface area contributed by atoms with Gasteiger partial charge in [0.15, 0.2) is 0 Å². The molecular weight excluding hydrogens is 378 g/mol. The molecule has 6 heteroatoms. The van der Waals surface area contributed by atoms with E-state index in [1.54, 1.807) is 0 Å². The Morgan fingerprint density at radius 3 is 2.37 bits per heavy atom. The molecule has 0 radical (unpaired) electrons. The summed E-state index contributed by atoms with van der Waals surface area (Å²) in [6, 6.07) is 7.50. The quantitative estimate of drug-likeness (QED) is 0.478. The van der Waals surface area contributed by atoms with Crippen LogP contribution in [0.5, 0.6) is 0 Å². The first-order chi connectivity index (χ1) is 8.70. The summed E-state index contributed by atoms with van der Waals surface area (Å²) in [6.45, 7) is 3.56. The van der Waals surface area contributed by atoms with Crippen LogP contribution in [-0.2, 0) is 9.47 Å². The van der Waals surface area contributed by atoms with Crippen molar-refractivity contribution in [3.05, 3.63) is 34.3 Å². The molecule has 2 aliphatic heterocycles. The number of quaternary nitrogens is 1. The summed E-state index contributed by atoms with van der Waals surface area (Å²) < 4.78 is 12.7. The Kier molecular flexibility index (Phi) is 4.79. The maximum absolute atomic E-state index is 12.3. The fourth-order valence-electron chi connectivity index (χ4n) is 2.60. The molecule has 0 aliphatic carbocycles. The van der Waals surface area contributed by atoms with E-state index in [2.05, 4.69) is 15.9 Å². The second-order valence-electron chi connectivity index (χ2n) is 4.80. The first kappa shape index (κ1) is 15.1. The van der Waals surface area contributed by atoms with Crippen molar-refractivity contribution in [2.45, 2.75) is 6.41 Å². The fourth-order valence-corrected chi connectivity index (χ4v) is 2.87. The minimum absolute atomic E-state index is 0. The first-order valence-corrected chi connectivity index (χ1v) is 6.87. The molecular formula is C13H15Br2NO3. The van der Waals surface area contributed by atoms with Gasteiger partial charge in [-0.05, 0) is 12.1 Å². The Morgan fingerprint density at radius 1 is 1.21 bits per heavy atom. The van der Waals surface area contributed by atoms with Gasteiger partial charge in [-0.2, -0.15) is 0 Å². The number of fused-ring (bicyclic) bond motifs is 1. The Labute approximate surface area is 131 Å². The summed E-state index contributed by atoms with van der Waals surface area (Å²) in [7, 11) is 0. The Bertz CT molecular complexity index is 453. The van der Waals surface area contributed by atoms with E-state index in [4.69, 9.17) is 9.47 Å². The standard InChI is InChI=1S/C13H15BrNO3.BrH/c14-11-3-1-10(2-4-11)12(16)9-15-5-7-17-13(15)18-8-6-15;/h1-4,13H,5-9H2;1H/q+1;/p-1. The number of carbonyl (C=O) groups is 1. The zero-order valence-electron chi connectivity index (χ0n) is 10.4. The second-order valence-corrected chi connectivity index (χ2v) is 5.72. The molecule has 0 bridgehead atoms. The number of carbonyl (C=O) groups excluding carboxylic acids is 1. The lowest BCUT2D eigenvalue weighted by atomic mass is 10.1. The zero-order chi connectivity index (χ0) is 12.6. The molecule has 2 aliphatic rings. The van der Waals surface area contributed by atoms with Crippen LogP contribution in [0.15, 0.2) is 28.7 Å². The topological polar surface area (TPSA) is 35.5 Å². The van der Waals surface area contributed by atoms with Crippen LogP contribution in [0.4, 0.5) is 0 Å². The van der Waals surface area contributed by atoms with E-state index in [1.165, 1.54) is 0 Å². The minimum atomic E-state index is -0.232.